The van der Waals surface area contributed by atoms with E-state index in [-0.39, 0.29) is 17.9 Å². The Morgan fingerprint density at radius 1 is 1.20 bits per heavy atom. The quantitative estimate of drug-likeness (QED) is 0.327. The number of amides is 4. The molecule has 4 amide bonds. The van der Waals surface area contributed by atoms with Crippen LogP contribution in [0, 0.1) is 18.8 Å². The minimum absolute atomic E-state index is 0.196. The highest BCUT2D eigenvalue weighted by atomic mass is 79.9. The Hall–Kier alpha value is -3.91. The Morgan fingerprint density at radius 2 is 1.95 bits per heavy atom. The van der Waals surface area contributed by atoms with Crippen LogP contribution in [0.4, 0.5) is 16.3 Å². The summed E-state index contributed by atoms with van der Waals surface area (Å²) in [5.41, 5.74) is 3.32. The summed E-state index contributed by atoms with van der Waals surface area (Å²) >= 11 is 3.65. The standard InChI is InChI=1S/C29H29BrN6O4/c1-4-5-24(37)36(22-14-16(2)20(30)15-19(22)17-6-7-17)23-9-8-21-25(31-23)26(34-35(21)3)40-18-10-12-29(13-11-18)27(38)32-28(39)33-29/h8-9,14-15,17-18H,6-7,10-13H2,1-3H3,(H2,32,33,38,39). The molecule has 0 radical (unpaired) electrons. The lowest BCUT2D eigenvalue weighted by Gasteiger charge is -2.34. The number of aryl methyl sites for hydroxylation is 2. The summed E-state index contributed by atoms with van der Waals surface area (Å²) < 4.78 is 9.04. The van der Waals surface area contributed by atoms with Gasteiger partial charge in [0.15, 0.2) is 5.52 Å². The number of rotatable bonds is 5. The van der Waals surface area contributed by atoms with Gasteiger partial charge in [0.05, 0.1) is 11.2 Å². The Morgan fingerprint density at radius 3 is 2.60 bits per heavy atom. The van der Waals surface area contributed by atoms with Crippen LogP contribution in [0.1, 0.15) is 62.5 Å². The Kier molecular flexibility index (Phi) is 6.53. The van der Waals surface area contributed by atoms with Gasteiger partial charge in [-0.3, -0.25) is 24.5 Å². The number of urea groups is 1. The summed E-state index contributed by atoms with van der Waals surface area (Å²) in [6.07, 6.45) is 4.05. The summed E-state index contributed by atoms with van der Waals surface area (Å²) in [5, 5.41) is 9.70. The first-order valence-electron chi connectivity index (χ1n) is 13.4. The number of nitrogens with zero attached hydrogens (tertiary/aromatic N) is 4. The molecule has 1 saturated heterocycles. The van der Waals surface area contributed by atoms with Gasteiger partial charge in [0.2, 0.25) is 0 Å². The van der Waals surface area contributed by atoms with Crippen LogP contribution in [-0.2, 0) is 16.6 Å². The van der Waals surface area contributed by atoms with E-state index in [1.165, 1.54) is 0 Å². The molecule has 0 unspecified atom stereocenters. The zero-order valence-corrected chi connectivity index (χ0v) is 24.1. The fourth-order valence-corrected chi connectivity index (χ4v) is 6.00. The topological polar surface area (TPSA) is 118 Å². The van der Waals surface area contributed by atoms with Gasteiger partial charge in [-0.1, -0.05) is 21.9 Å². The molecule has 0 bridgehead atoms. The van der Waals surface area contributed by atoms with E-state index in [0.29, 0.717) is 48.8 Å². The van der Waals surface area contributed by atoms with Crippen LogP contribution in [-0.4, -0.2) is 44.3 Å². The van der Waals surface area contributed by atoms with E-state index < -0.39 is 11.6 Å². The summed E-state index contributed by atoms with van der Waals surface area (Å²) in [4.78, 5) is 43.9. The van der Waals surface area contributed by atoms with E-state index in [0.717, 1.165) is 39.6 Å². The van der Waals surface area contributed by atoms with E-state index in [1.807, 2.05) is 32.2 Å². The molecule has 2 N–H and O–H groups in total. The number of halogens is 1. The highest BCUT2D eigenvalue weighted by molar-refractivity contribution is 9.10. The fourth-order valence-electron chi connectivity index (χ4n) is 5.64. The van der Waals surface area contributed by atoms with Gasteiger partial charge in [-0.15, -0.1) is 5.10 Å². The molecule has 1 aromatic carbocycles. The number of pyridine rings is 1. The van der Waals surface area contributed by atoms with Gasteiger partial charge in [0.25, 0.3) is 11.8 Å². The van der Waals surface area contributed by atoms with Gasteiger partial charge in [-0.2, -0.15) is 0 Å². The number of ether oxygens (including phenoxy) is 1. The fraction of sp³-hybridized carbons (Fsp3) is 0.414. The van der Waals surface area contributed by atoms with E-state index in [4.69, 9.17) is 9.72 Å². The lowest BCUT2D eigenvalue weighted by Crippen LogP contribution is -2.50. The molecule has 40 heavy (non-hydrogen) atoms. The summed E-state index contributed by atoms with van der Waals surface area (Å²) in [5.74, 6) is 5.99. The monoisotopic (exact) mass is 604 g/mol. The molecule has 3 aliphatic rings. The van der Waals surface area contributed by atoms with E-state index in [1.54, 1.807) is 16.5 Å². The molecule has 1 aliphatic heterocycles. The minimum atomic E-state index is -0.863. The Labute approximate surface area is 240 Å². The number of hydrogen-bond acceptors (Lipinski definition) is 6. The summed E-state index contributed by atoms with van der Waals surface area (Å²) in [7, 11) is 1.82. The maximum absolute atomic E-state index is 13.4. The van der Waals surface area contributed by atoms with Gasteiger partial charge >= 0.3 is 11.9 Å². The SMILES string of the molecule is CC#CC(=O)N(c1ccc2c(n1)c(OC1CCC3(CC1)NC(=O)NC3=O)nn2C)c1cc(C)c(Br)cc1C1CC1. The third-order valence-electron chi connectivity index (χ3n) is 7.96. The van der Waals surface area contributed by atoms with E-state index in [2.05, 4.69) is 49.6 Å². The van der Waals surface area contributed by atoms with Crippen LogP contribution in [0.2, 0.25) is 0 Å². The molecule has 1 spiro atoms. The van der Waals surface area contributed by atoms with E-state index in [9.17, 15) is 14.4 Å². The van der Waals surface area contributed by atoms with Crippen LogP contribution < -0.4 is 20.3 Å². The van der Waals surface area contributed by atoms with Crippen LogP contribution in [0.5, 0.6) is 5.88 Å². The summed E-state index contributed by atoms with van der Waals surface area (Å²) in [6, 6.07) is 7.35. The van der Waals surface area contributed by atoms with Crippen molar-refractivity contribution in [2.75, 3.05) is 4.90 Å². The van der Waals surface area contributed by atoms with Crippen molar-refractivity contribution in [3.8, 4) is 17.7 Å². The van der Waals surface area contributed by atoms with Gasteiger partial charge < -0.3 is 10.1 Å². The minimum Gasteiger partial charge on any atom is -0.472 e. The third-order valence-corrected chi connectivity index (χ3v) is 8.81. The van der Waals surface area contributed by atoms with Crippen molar-refractivity contribution in [2.24, 2.45) is 7.05 Å². The van der Waals surface area contributed by atoms with Crippen molar-refractivity contribution in [3.05, 3.63) is 39.9 Å². The number of anilines is 2. The van der Waals surface area contributed by atoms with Gasteiger partial charge in [-0.25, -0.2) is 9.78 Å². The van der Waals surface area contributed by atoms with Crippen LogP contribution in [0.3, 0.4) is 0 Å². The van der Waals surface area contributed by atoms with Crippen molar-refractivity contribution in [2.45, 2.75) is 69.9 Å². The number of hydrogen-bond donors (Lipinski definition) is 2. The predicted molar refractivity (Wildman–Crippen MR) is 152 cm³/mol. The molecule has 0 atom stereocenters. The van der Waals surface area contributed by atoms with E-state index >= 15 is 0 Å². The molecule has 3 fully saturated rings. The number of benzene rings is 1. The molecule has 10 nitrogen and oxygen atoms in total. The largest absolute Gasteiger partial charge is 0.472 e. The molecule has 2 aliphatic carbocycles. The van der Waals surface area contributed by atoms with Crippen molar-refractivity contribution < 1.29 is 19.1 Å². The number of imide groups is 1. The van der Waals surface area contributed by atoms with Crippen molar-refractivity contribution in [3.63, 3.8) is 0 Å². The number of carbonyl (C=O) groups excluding carboxylic acids is 3. The van der Waals surface area contributed by atoms with Crippen LogP contribution in [0.25, 0.3) is 11.0 Å². The average Bonchev–Trinajstić information content (AvgIpc) is 3.67. The predicted octanol–water partition coefficient (Wildman–Crippen LogP) is 4.50. The molecule has 3 heterocycles. The number of fused-ring (bicyclic) bond motifs is 1. The zero-order valence-electron chi connectivity index (χ0n) is 22.5. The zero-order chi connectivity index (χ0) is 28.2. The molecular formula is C29H29BrN6O4. The Balaban J connectivity index is 1.35. The molecule has 6 rings (SSSR count). The van der Waals surface area contributed by atoms with Gasteiger partial charge in [0, 0.05) is 11.5 Å². The molecular weight excluding hydrogens is 576 g/mol. The lowest BCUT2D eigenvalue weighted by atomic mass is 9.80. The maximum Gasteiger partial charge on any atom is 0.322 e. The second kappa shape index (κ2) is 9.93. The lowest BCUT2D eigenvalue weighted by molar-refractivity contribution is -0.125. The third kappa shape index (κ3) is 4.60. The van der Waals surface area contributed by atoms with Crippen LogP contribution >= 0.6 is 15.9 Å². The molecule has 3 aromatic rings. The smallest absolute Gasteiger partial charge is 0.322 e. The van der Waals surface area contributed by atoms with Crippen molar-refractivity contribution in [1.82, 2.24) is 25.4 Å². The number of carbonyl (C=O) groups is 3. The maximum atomic E-state index is 13.4. The van der Waals surface area contributed by atoms with Crippen molar-refractivity contribution in [1.29, 1.82) is 0 Å². The highest BCUT2D eigenvalue weighted by Crippen LogP contribution is 2.47. The molecule has 2 saturated carbocycles. The molecule has 2 aromatic heterocycles. The average molecular weight is 605 g/mol. The Bertz CT molecular complexity index is 1620. The summed E-state index contributed by atoms with van der Waals surface area (Å²) in [6.45, 7) is 3.64. The molecule has 206 valence electrons. The first kappa shape index (κ1) is 26.3. The normalized spacial score (nSPS) is 22.1. The highest BCUT2D eigenvalue weighted by Gasteiger charge is 2.48. The second-order valence-electron chi connectivity index (χ2n) is 10.7. The van der Waals surface area contributed by atoms with Gasteiger partial charge in [0.1, 0.15) is 17.5 Å². The number of aromatic nitrogens is 3. The number of nitrogens with one attached hydrogen (secondary N) is 2. The van der Waals surface area contributed by atoms with Crippen LogP contribution in [0.15, 0.2) is 28.7 Å². The first-order valence-corrected chi connectivity index (χ1v) is 14.2. The van der Waals surface area contributed by atoms with Crippen molar-refractivity contribution >= 4 is 56.3 Å². The van der Waals surface area contributed by atoms with Gasteiger partial charge in [-0.05, 0) is 99.6 Å². The first-order chi connectivity index (χ1) is 19.2. The molecule has 11 heteroatoms. The second-order valence-corrected chi connectivity index (χ2v) is 11.6.